The summed E-state index contributed by atoms with van der Waals surface area (Å²) in [5.41, 5.74) is 1.78. The first-order chi connectivity index (χ1) is 11.9. The molecule has 8 heteroatoms. The van der Waals surface area contributed by atoms with Gasteiger partial charge < -0.3 is 15.4 Å². The van der Waals surface area contributed by atoms with Crippen molar-refractivity contribution in [2.45, 2.75) is 37.6 Å². The Morgan fingerprint density at radius 1 is 1.31 bits per heavy atom. The average molecular weight is 495 g/mol. The van der Waals surface area contributed by atoms with Crippen molar-refractivity contribution in [3.05, 3.63) is 29.3 Å². The van der Waals surface area contributed by atoms with E-state index in [9.17, 15) is 8.42 Å². The van der Waals surface area contributed by atoms with Crippen molar-refractivity contribution in [3.8, 4) is 0 Å². The molecule has 0 radical (unpaired) electrons. The van der Waals surface area contributed by atoms with Gasteiger partial charge in [-0.15, -0.1) is 24.0 Å². The van der Waals surface area contributed by atoms with Gasteiger partial charge in [0.25, 0.3) is 0 Å². The van der Waals surface area contributed by atoms with Gasteiger partial charge in [0.15, 0.2) is 15.8 Å². The number of aliphatic imine (C=N–C) groups is 1. The van der Waals surface area contributed by atoms with Crippen molar-refractivity contribution in [1.82, 2.24) is 10.6 Å². The number of hydrogen-bond donors (Lipinski definition) is 2. The molecule has 1 aliphatic carbocycles. The van der Waals surface area contributed by atoms with E-state index < -0.39 is 9.84 Å². The largest absolute Gasteiger partial charge is 0.381 e. The summed E-state index contributed by atoms with van der Waals surface area (Å²) in [6.07, 6.45) is 4.81. The zero-order valence-electron chi connectivity index (χ0n) is 15.7. The van der Waals surface area contributed by atoms with Crippen molar-refractivity contribution < 1.29 is 13.2 Å². The maximum Gasteiger partial charge on any atom is 0.191 e. The minimum absolute atomic E-state index is 0. The van der Waals surface area contributed by atoms with E-state index in [1.807, 2.05) is 19.1 Å². The number of ether oxygens (including phenoxy) is 1. The van der Waals surface area contributed by atoms with Crippen LogP contribution < -0.4 is 10.6 Å². The molecule has 0 amide bonds. The third-order valence-corrected chi connectivity index (χ3v) is 5.39. The van der Waals surface area contributed by atoms with Gasteiger partial charge in [-0.3, -0.25) is 4.99 Å². The summed E-state index contributed by atoms with van der Waals surface area (Å²) >= 11 is 0. The van der Waals surface area contributed by atoms with Crippen LogP contribution in [-0.4, -0.2) is 47.4 Å². The van der Waals surface area contributed by atoms with Crippen molar-refractivity contribution in [2.24, 2.45) is 10.9 Å². The van der Waals surface area contributed by atoms with E-state index >= 15 is 0 Å². The normalized spacial score (nSPS) is 14.7. The van der Waals surface area contributed by atoms with Crippen molar-refractivity contribution in [2.75, 3.05) is 33.1 Å². The number of rotatable bonds is 9. The predicted octanol–water partition coefficient (Wildman–Crippen LogP) is 2.50. The Kier molecular flexibility index (Phi) is 9.88. The van der Waals surface area contributed by atoms with Gasteiger partial charge in [-0.2, -0.15) is 0 Å². The first-order valence-corrected chi connectivity index (χ1v) is 10.6. The van der Waals surface area contributed by atoms with E-state index in [0.717, 1.165) is 49.2 Å². The SMILES string of the molecule is CN=C(NCCCOCC1CC1)NCc1ccc(S(C)(=O)=O)c(C)c1.I. The summed E-state index contributed by atoms with van der Waals surface area (Å²) in [4.78, 5) is 4.58. The molecule has 1 fully saturated rings. The number of hydrogen-bond acceptors (Lipinski definition) is 4. The molecule has 0 bridgehead atoms. The van der Waals surface area contributed by atoms with Crippen molar-refractivity contribution in [3.63, 3.8) is 0 Å². The minimum Gasteiger partial charge on any atom is -0.381 e. The Morgan fingerprint density at radius 2 is 2.04 bits per heavy atom. The summed E-state index contributed by atoms with van der Waals surface area (Å²) in [5.74, 6) is 1.53. The van der Waals surface area contributed by atoms with E-state index in [2.05, 4.69) is 15.6 Å². The summed E-state index contributed by atoms with van der Waals surface area (Å²) in [6, 6.07) is 5.38. The monoisotopic (exact) mass is 495 g/mol. The van der Waals surface area contributed by atoms with Crippen LogP contribution in [0.15, 0.2) is 28.1 Å². The molecule has 0 saturated heterocycles. The van der Waals surface area contributed by atoms with Crippen LogP contribution in [0.25, 0.3) is 0 Å². The number of sulfone groups is 1. The maximum atomic E-state index is 11.7. The molecule has 0 aromatic heterocycles. The third-order valence-electron chi connectivity index (χ3n) is 4.13. The summed E-state index contributed by atoms with van der Waals surface area (Å²) in [7, 11) is -1.44. The highest BCUT2D eigenvalue weighted by Gasteiger charge is 2.20. The minimum atomic E-state index is -3.18. The molecule has 1 aliphatic rings. The first kappa shape index (κ1) is 23.2. The lowest BCUT2D eigenvalue weighted by Gasteiger charge is -2.13. The van der Waals surface area contributed by atoms with Gasteiger partial charge in [-0.05, 0) is 49.3 Å². The number of guanidine groups is 1. The number of nitrogens with one attached hydrogen (secondary N) is 2. The van der Waals surface area contributed by atoms with Crippen LogP contribution >= 0.6 is 24.0 Å². The Balaban J connectivity index is 0.00000338. The van der Waals surface area contributed by atoms with Gasteiger partial charge in [0.1, 0.15) is 0 Å². The van der Waals surface area contributed by atoms with E-state index in [1.165, 1.54) is 19.1 Å². The molecule has 0 spiro atoms. The smallest absolute Gasteiger partial charge is 0.191 e. The highest BCUT2D eigenvalue weighted by Crippen LogP contribution is 2.28. The van der Waals surface area contributed by atoms with Crippen LogP contribution in [-0.2, 0) is 21.1 Å². The molecule has 2 N–H and O–H groups in total. The molecular formula is C18H30IN3O3S. The Hall–Kier alpha value is -0.870. The Bertz CT molecular complexity index is 704. The zero-order valence-corrected chi connectivity index (χ0v) is 18.9. The van der Waals surface area contributed by atoms with E-state index in [4.69, 9.17) is 4.74 Å². The number of benzene rings is 1. The van der Waals surface area contributed by atoms with Gasteiger partial charge >= 0.3 is 0 Å². The highest BCUT2D eigenvalue weighted by atomic mass is 127. The van der Waals surface area contributed by atoms with Crippen molar-refractivity contribution in [1.29, 1.82) is 0 Å². The molecular weight excluding hydrogens is 465 g/mol. The highest BCUT2D eigenvalue weighted by molar-refractivity contribution is 14.0. The summed E-state index contributed by atoms with van der Waals surface area (Å²) in [6.45, 7) is 4.87. The van der Waals surface area contributed by atoms with Gasteiger partial charge in [0.05, 0.1) is 4.90 Å². The molecule has 2 rings (SSSR count). The van der Waals surface area contributed by atoms with E-state index in [-0.39, 0.29) is 24.0 Å². The van der Waals surface area contributed by atoms with Crippen LogP contribution in [0, 0.1) is 12.8 Å². The second-order valence-electron chi connectivity index (χ2n) is 6.60. The van der Waals surface area contributed by atoms with Crippen LogP contribution in [0.4, 0.5) is 0 Å². The fourth-order valence-electron chi connectivity index (χ4n) is 2.56. The lowest BCUT2D eigenvalue weighted by Crippen LogP contribution is -2.37. The molecule has 1 aromatic rings. The third kappa shape index (κ3) is 8.22. The lowest BCUT2D eigenvalue weighted by molar-refractivity contribution is 0.123. The van der Waals surface area contributed by atoms with Crippen molar-refractivity contribution >= 4 is 39.8 Å². The molecule has 6 nitrogen and oxygen atoms in total. The maximum absolute atomic E-state index is 11.7. The second kappa shape index (κ2) is 11.1. The van der Waals surface area contributed by atoms with Crippen LogP contribution in [0.3, 0.4) is 0 Å². The quantitative estimate of drug-likeness (QED) is 0.238. The standard InChI is InChI=1S/C18H29N3O3S.HI/c1-14-11-16(7-8-17(14)25(3,22)23)12-21-18(19-2)20-9-4-10-24-13-15-5-6-15;/h7-8,11,15H,4-6,9-10,12-13H2,1-3H3,(H2,19,20,21);1H. The van der Waals surface area contributed by atoms with E-state index in [0.29, 0.717) is 11.4 Å². The zero-order chi connectivity index (χ0) is 18.3. The fraction of sp³-hybridized carbons (Fsp3) is 0.611. The van der Waals surface area contributed by atoms with Gasteiger partial charge in [0, 0.05) is 39.6 Å². The number of halogens is 1. The molecule has 26 heavy (non-hydrogen) atoms. The molecule has 0 unspecified atom stereocenters. The predicted molar refractivity (Wildman–Crippen MR) is 116 cm³/mol. The fourth-order valence-corrected chi connectivity index (χ4v) is 3.52. The van der Waals surface area contributed by atoms with Crippen LogP contribution in [0.5, 0.6) is 0 Å². The number of aryl methyl sites for hydroxylation is 1. The lowest BCUT2D eigenvalue weighted by atomic mass is 10.1. The summed E-state index contributed by atoms with van der Waals surface area (Å²) < 4.78 is 28.9. The molecule has 0 aliphatic heterocycles. The van der Waals surface area contributed by atoms with Crippen LogP contribution in [0.2, 0.25) is 0 Å². The second-order valence-corrected chi connectivity index (χ2v) is 8.58. The molecule has 1 saturated carbocycles. The van der Waals surface area contributed by atoms with E-state index in [1.54, 1.807) is 13.1 Å². The molecule has 0 heterocycles. The molecule has 1 aromatic carbocycles. The molecule has 148 valence electrons. The van der Waals surface area contributed by atoms with Gasteiger partial charge in [0.2, 0.25) is 0 Å². The average Bonchev–Trinajstić information content (AvgIpc) is 3.36. The Labute approximate surface area is 174 Å². The molecule has 0 atom stereocenters. The topological polar surface area (TPSA) is 79.8 Å². The summed E-state index contributed by atoms with van der Waals surface area (Å²) in [5, 5.41) is 6.50. The van der Waals surface area contributed by atoms with Gasteiger partial charge in [-0.25, -0.2) is 8.42 Å². The first-order valence-electron chi connectivity index (χ1n) is 8.72. The number of nitrogens with zero attached hydrogens (tertiary/aromatic N) is 1. The Morgan fingerprint density at radius 3 is 2.62 bits per heavy atom. The van der Waals surface area contributed by atoms with Gasteiger partial charge in [-0.1, -0.05) is 12.1 Å². The van der Waals surface area contributed by atoms with Crippen LogP contribution in [0.1, 0.15) is 30.4 Å².